The number of benzene rings is 1. The quantitative estimate of drug-likeness (QED) is 0.563. The molecule has 0 aliphatic carbocycles. The molecule has 0 saturated carbocycles. The number of ether oxygens (including phenoxy) is 1. The molecule has 0 radical (unpaired) electrons. The van der Waals surface area contributed by atoms with Gasteiger partial charge in [-0.1, -0.05) is 32.0 Å². The van der Waals surface area contributed by atoms with Crippen molar-refractivity contribution >= 4 is 33.2 Å². The molecule has 1 aromatic heterocycles. The van der Waals surface area contributed by atoms with Crippen LogP contribution in [-0.4, -0.2) is 47.4 Å². The summed E-state index contributed by atoms with van der Waals surface area (Å²) in [4.78, 5) is 13.3. The van der Waals surface area contributed by atoms with Gasteiger partial charge in [0.05, 0.1) is 29.1 Å². The van der Waals surface area contributed by atoms with Crippen LogP contribution >= 0.6 is 11.6 Å². The zero-order valence-corrected chi connectivity index (χ0v) is 19.3. The first-order valence-electron chi connectivity index (χ1n) is 9.48. The lowest BCUT2D eigenvalue weighted by molar-refractivity contribution is 0.0977. The third-order valence-electron chi connectivity index (χ3n) is 4.95. The van der Waals surface area contributed by atoms with Gasteiger partial charge in [-0.15, -0.1) is 15.0 Å². The smallest absolute Gasteiger partial charge is 0.267 e. The molecule has 1 heterocycles. The summed E-state index contributed by atoms with van der Waals surface area (Å²) in [6, 6.07) is 2.00. The van der Waals surface area contributed by atoms with Crippen LogP contribution in [0.1, 0.15) is 49.3 Å². The van der Waals surface area contributed by atoms with E-state index in [0.717, 1.165) is 31.2 Å². The van der Waals surface area contributed by atoms with Gasteiger partial charge < -0.3 is 4.74 Å². The SMILES string of the molecule is C=C(CC(CC)(CC)COc1cc(F)c(C(=O)NS(C)(=O)=O)cc1Cl)n1nnc(C)n1. The molecule has 1 N–H and O–H groups in total. The number of nitrogens with one attached hydrogen (secondary N) is 1. The highest BCUT2D eigenvalue weighted by atomic mass is 35.5. The molecule has 2 rings (SSSR count). The lowest BCUT2D eigenvalue weighted by atomic mass is 9.79. The number of tetrazole rings is 1. The van der Waals surface area contributed by atoms with Crippen LogP contribution in [0, 0.1) is 18.2 Å². The van der Waals surface area contributed by atoms with E-state index >= 15 is 0 Å². The molecule has 0 atom stereocenters. The number of sulfonamides is 1. The Bertz CT molecular complexity index is 1080. The molecule has 0 aliphatic rings. The van der Waals surface area contributed by atoms with E-state index in [2.05, 4.69) is 22.0 Å². The van der Waals surface area contributed by atoms with Crippen molar-refractivity contribution in [3.05, 3.63) is 40.9 Å². The first kappa shape index (κ1) is 24.7. The summed E-state index contributed by atoms with van der Waals surface area (Å²) in [6.45, 7) is 9.95. The summed E-state index contributed by atoms with van der Waals surface area (Å²) in [5.41, 5.74) is -0.218. The first-order chi connectivity index (χ1) is 14.4. The molecule has 0 aliphatic heterocycles. The predicted molar refractivity (Wildman–Crippen MR) is 115 cm³/mol. The van der Waals surface area contributed by atoms with E-state index in [1.54, 1.807) is 11.6 Å². The van der Waals surface area contributed by atoms with Gasteiger partial charge in [-0.25, -0.2) is 17.5 Å². The molecule has 0 unspecified atom stereocenters. The van der Waals surface area contributed by atoms with Crippen molar-refractivity contribution in [1.29, 1.82) is 0 Å². The Morgan fingerprint density at radius 2 is 2.00 bits per heavy atom. The van der Waals surface area contributed by atoms with Crippen molar-refractivity contribution in [3.8, 4) is 5.75 Å². The van der Waals surface area contributed by atoms with E-state index < -0.39 is 27.3 Å². The van der Waals surface area contributed by atoms with Crippen molar-refractivity contribution < 1.29 is 22.3 Å². The fourth-order valence-electron chi connectivity index (χ4n) is 2.94. The third kappa shape index (κ3) is 6.47. The predicted octanol–water partition coefficient (Wildman–Crippen LogP) is 3.21. The maximum absolute atomic E-state index is 14.4. The number of aromatic nitrogens is 4. The van der Waals surface area contributed by atoms with Gasteiger partial charge in [0, 0.05) is 11.5 Å². The molecular formula is C19H25ClFN5O4S. The molecule has 0 spiro atoms. The highest BCUT2D eigenvalue weighted by molar-refractivity contribution is 7.89. The summed E-state index contributed by atoms with van der Waals surface area (Å²) in [6.07, 6.45) is 2.75. The second-order valence-electron chi connectivity index (χ2n) is 7.33. The van der Waals surface area contributed by atoms with Gasteiger partial charge >= 0.3 is 0 Å². The summed E-state index contributed by atoms with van der Waals surface area (Å²) < 4.78 is 44.4. The minimum Gasteiger partial charge on any atom is -0.491 e. The van der Waals surface area contributed by atoms with Crippen LogP contribution in [0.5, 0.6) is 5.75 Å². The number of amides is 1. The van der Waals surface area contributed by atoms with Crippen molar-refractivity contribution in [2.75, 3.05) is 12.9 Å². The van der Waals surface area contributed by atoms with Crippen LogP contribution in [0.2, 0.25) is 5.02 Å². The summed E-state index contributed by atoms with van der Waals surface area (Å²) in [7, 11) is -3.85. The minimum atomic E-state index is -3.85. The average Bonchev–Trinajstić information content (AvgIpc) is 3.12. The molecule has 0 fully saturated rings. The molecule has 9 nitrogen and oxygen atoms in total. The minimum absolute atomic E-state index is 0.0199. The fourth-order valence-corrected chi connectivity index (χ4v) is 3.61. The molecule has 31 heavy (non-hydrogen) atoms. The number of rotatable bonds is 10. The Hall–Kier alpha value is -2.53. The Kier molecular flexibility index (Phi) is 7.77. The lowest BCUT2D eigenvalue weighted by Crippen LogP contribution is -2.30. The summed E-state index contributed by atoms with van der Waals surface area (Å²) in [5, 5.41) is 11.9. The van der Waals surface area contributed by atoms with Gasteiger partial charge in [0.25, 0.3) is 5.91 Å². The number of carbonyl (C=O) groups is 1. The Balaban J connectivity index is 2.19. The van der Waals surface area contributed by atoms with Crippen LogP contribution in [0.15, 0.2) is 18.7 Å². The van der Waals surface area contributed by atoms with Gasteiger partial charge in [0.15, 0.2) is 5.82 Å². The molecule has 12 heteroatoms. The molecule has 0 bridgehead atoms. The van der Waals surface area contributed by atoms with Crippen LogP contribution in [0.25, 0.3) is 5.70 Å². The van der Waals surface area contributed by atoms with Crippen molar-refractivity contribution in [2.24, 2.45) is 5.41 Å². The second kappa shape index (κ2) is 9.73. The average molecular weight is 474 g/mol. The fraction of sp³-hybridized carbons (Fsp3) is 0.474. The van der Waals surface area contributed by atoms with Crippen LogP contribution in [0.4, 0.5) is 4.39 Å². The van der Waals surface area contributed by atoms with Crippen LogP contribution < -0.4 is 9.46 Å². The summed E-state index contributed by atoms with van der Waals surface area (Å²) in [5.74, 6) is -1.50. The first-order valence-corrected chi connectivity index (χ1v) is 11.8. The summed E-state index contributed by atoms with van der Waals surface area (Å²) >= 11 is 6.17. The zero-order chi connectivity index (χ0) is 23.4. The number of allylic oxidation sites excluding steroid dienone is 1. The lowest BCUT2D eigenvalue weighted by Gasteiger charge is -2.32. The highest BCUT2D eigenvalue weighted by Crippen LogP contribution is 2.37. The third-order valence-corrected chi connectivity index (χ3v) is 5.81. The topological polar surface area (TPSA) is 116 Å². The molecule has 170 valence electrons. The number of halogens is 2. The van der Waals surface area contributed by atoms with Gasteiger partial charge in [-0.05, 0) is 37.5 Å². The Morgan fingerprint density at radius 1 is 1.35 bits per heavy atom. The number of aryl methyl sites for hydroxylation is 1. The van der Waals surface area contributed by atoms with E-state index in [9.17, 15) is 17.6 Å². The van der Waals surface area contributed by atoms with Gasteiger partial charge in [0.2, 0.25) is 10.0 Å². The molecule has 1 aromatic carbocycles. The van der Waals surface area contributed by atoms with Crippen molar-refractivity contribution in [3.63, 3.8) is 0 Å². The number of hydrogen-bond donors (Lipinski definition) is 1. The molecule has 2 aromatic rings. The normalized spacial score (nSPS) is 11.9. The Morgan fingerprint density at radius 3 is 2.52 bits per heavy atom. The van der Waals surface area contributed by atoms with E-state index in [1.807, 2.05) is 13.8 Å². The highest BCUT2D eigenvalue weighted by Gasteiger charge is 2.30. The van der Waals surface area contributed by atoms with E-state index in [1.165, 1.54) is 4.80 Å². The van der Waals surface area contributed by atoms with Gasteiger partial charge in [-0.2, -0.15) is 0 Å². The van der Waals surface area contributed by atoms with Crippen LogP contribution in [0.3, 0.4) is 0 Å². The second-order valence-corrected chi connectivity index (χ2v) is 9.49. The maximum atomic E-state index is 14.4. The largest absolute Gasteiger partial charge is 0.491 e. The van der Waals surface area contributed by atoms with Gasteiger partial charge in [-0.3, -0.25) is 4.79 Å². The standard InChI is InChI=1S/C19H25ClFN5O4S/c1-6-19(7-2,10-12(3)26-23-13(4)22-25-26)11-30-17-9-16(21)14(8-15(17)20)18(27)24-31(5,28)29/h8-9H,3,6-7,10-11H2,1-2,4-5H3,(H,24,27). The van der Waals surface area contributed by atoms with E-state index in [0.29, 0.717) is 17.9 Å². The van der Waals surface area contributed by atoms with Crippen molar-refractivity contribution in [1.82, 2.24) is 24.9 Å². The van der Waals surface area contributed by atoms with E-state index in [4.69, 9.17) is 16.3 Å². The Labute approximate surface area is 185 Å². The molecule has 1 amide bonds. The number of nitrogens with zero attached hydrogens (tertiary/aromatic N) is 4. The van der Waals surface area contributed by atoms with Gasteiger partial charge in [0.1, 0.15) is 11.6 Å². The number of carbonyl (C=O) groups excluding carboxylic acids is 1. The monoisotopic (exact) mass is 473 g/mol. The molecule has 0 saturated heterocycles. The number of hydrogen-bond acceptors (Lipinski definition) is 7. The maximum Gasteiger partial charge on any atom is 0.267 e. The van der Waals surface area contributed by atoms with Crippen molar-refractivity contribution in [2.45, 2.75) is 40.0 Å². The van der Waals surface area contributed by atoms with E-state index in [-0.39, 0.29) is 22.8 Å². The van der Waals surface area contributed by atoms with Crippen LogP contribution in [-0.2, 0) is 10.0 Å². The molecular weight excluding hydrogens is 449 g/mol. The zero-order valence-electron chi connectivity index (χ0n) is 17.8.